The fourth-order valence-electron chi connectivity index (χ4n) is 2.54. The molecule has 1 fully saturated rings. The van der Waals surface area contributed by atoms with Crippen molar-refractivity contribution in [2.24, 2.45) is 5.41 Å². The lowest BCUT2D eigenvalue weighted by Crippen LogP contribution is -2.33. The number of ether oxygens (including phenoxy) is 1. The molecule has 0 saturated carbocycles. The van der Waals surface area contributed by atoms with Crippen molar-refractivity contribution < 1.29 is 17.9 Å². The molecule has 106 valence electrons. The Morgan fingerprint density at radius 3 is 2.68 bits per heavy atom. The van der Waals surface area contributed by atoms with Gasteiger partial charge in [-0.1, -0.05) is 34.1 Å². The first kappa shape index (κ1) is 14.9. The SMILES string of the molecule is CC1OCCC1(CBr)Cc1cccc(C(F)(F)F)c1. The van der Waals surface area contributed by atoms with Crippen molar-refractivity contribution in [1.29, 1.82) is 0 Å². The molecule has 1 aromatic rings. The van der Waals surface area contributed by atoms with E-state index in [2.05, 4.69) is 15.9 Å². The van der Waals surface area contributed by atoms with E-state index in [4.69, 9.17) is 4.74 Å². The fraction of sp³-hybridized carbons (Fsp3) is 0.571. The molecule has 1 aliphatic heterocycles. The van der Waals surface area contributed by atoms with Crippen molar-refractivity contribution in [2.45, 2.75) is 32.0 Å². The maximum absolute atomic E-state index is 12.7. The average molecular weight is 337 g/mol. The number of rotatable bonds is 3. The van der Waals surface area contributed by atoms with Crippen LogP contribution in [-0.2, 0) is 17.3 Å². The van der Waals surface area contributed by atoms with Crippen molar-refractivity contribution >= 4 is 15.9 Å². The summed E-state index contributed by atoms with van der Waals surface area (Å²) in [7, 11) is 0. The Bertz CT molecular complexity index is 447. The molecule has 1 nitrogen and oxygen atoms in total. The van der Waals surface area contributed by atoms with Gasteiger partial charge in [-0.05, 0) is 31.4 Å². The Morgan fingerprint density at radius 1 is 1.42 bits per heavy atom. The van der Waals surface area contributed by atoms with Gasteiger partial charge in [-0.3, -0.25) is 0 Å². The molecule has 0 radical (unpaired) electrons. The molecule has 0 N–H and O–H groups in total. The Labute approximate surface area is 119 Å². The van der Waals surface area contributed by atoms with Gasteiger partial charge in [0.15, 0.2) is 0 Å². The van der Waals surface area contributed by atoms with Crippen molar-refractivity contribution in [2.75, 3.05) is 11.9 Å². The Morgan fingerprint density at radius 2 is 2.16 bits per heavy atom. The van der Waals surface area contributed by atoms with Gasteiger partial charge in [0, 0.05) is 17.4 Å². The largest absolute Gasteiger partial charge is 0.416 e. The number of benzene rings is 1. The Balaban J connectivity index is 2.23. The van der Waals surface area contributed by atoms with E-state index in [-0.39, 0.29) is 11.5 Å². The van der Waals surface area contributed by atoms with Crippen molar-refractivity contribution in [3.05, 3.63) is 35.4 Å². The topological polar surface area (TPSA) is 9.23 Å². The van der Waals surface area contributed by atoms with Gasteiger partial charge in [-0.15, -0.1) is 0 Å². The predicted octanol–water partition coefficient (Wildman–Crippen LogP) is 4.44. The summed E-state index contributed by atoms with van der Waals surface area (Å²) < 4.78 is 43.7. The molecule has 1 saturated heterocycles. The smallest absolute Gasteiger partial charge is 0.378 e. The summed E-state index contributed by atoms with van der Waals surface area (Å²) in [5, 5.41) is 0.734. The quantitative estimate of drug-likeness (QED) is 0.741. The Hall–Kier alpha value is -0.550. The monoisotopic (exact) mass is 336 g/mol. The second-order valence-corrected chi connectivity index (χ2v) is 5.69. The predicted molar refractivity (Wildman–Crippen MR) is 71.4 cm³/mol. The molecule has 0 bridgehead atoms. The van der Waals surface area contributed by atoms with Crippen LogP contribution in [0.4, 0.5) is 13.2 Å². The standard InChI is InChI=1S/C14H16BrF3O/c1-10-13(9-15,5-6-19-10)8-11-3-2-4-12(7-11)14(16,17)18/h2-4,7,10H,5-6,8-9H2,1H3. The van der Waals surface area contributed by atoms with Crippen LogP contribution in [0.25, 0.3) is 0 Å². The van der Waals surface area contributed by atoms with Crippen LogP contribution in [0.5, 0.6) is 0 Å². The number of halogens is 4. The summed E-state index contributed by atoms with van der Waals surface area (Å²) in [6.45, 7) is 2.66. The molecule has 5 heteroatoms. The first-order chi connectivity index (χ1) is 8.87. The van der Waals surface area contributed by atoms with Crippen molar-refractivity contribution in [1.82, 2.24) is 0 Å². The highest BCUT2D eigenvalue weighted by atomic mass is 79.9. The van der Waals surface area contributed by atoms with E-state index in [0.29, 0.717) is 18.6 Å². The molecule has 19 heavy (non-hydrogen) atoms. The third-order valence-corrected chi connectivity index (χ3v) is 5.02. The van der Waals surface area contributed by atoms with E-state index in [1.165, 1.54) is 12.1 Å². The lowest BCUT2D eigenvalue weighted by atomic mass is 9.78. The number of alkyl halides is 4. The summed E-state index contributed by atoms with van der Waals surface area (Å²) in [5.74, 6) is 0. The molecule has 1 heterocycles. The van der Waals surface area contributed by atoms with E-state index in [9.17, 15) is 13.2 Å². The first-order valence-corrected chi connectivity index (χ1v) is 7.33. The lowest BCUT2D eigenvalue weighted by Gasteiger charge is -2.30. The average Bonchev–Trinajstić information content (AvgIpc) is 2.71. The maximum Gasteiger partial charge on any atom is 0.416 e. The molecule has 1 aromatic carbocycles. The zero-order valence-electron chi connectivity index (χ0n) is 10.6. The molecule has 0 aliphatic carbocycles. The third-order valence-electron chi connectivity index (χ3n) is 3.91. The van der Waals surface area contributed by atoms with Gasteiger partial charge >= 0.3 is 6.18 Å². The zero-order valence-corrected chi connectivity index (χ0v) is 12.2. The summed E-state index contributed by atoms with van der Waals surface area (Å²) in [5.41, 5.74) is 0.0254. The lowest BCUT2D eigenvalue weighted by molar-refractivity contribution is -0.137. The summed E-state index contributed by atoms with van der Waals surface area (Å²) in [4.78, 5) is 0. The molecule has 0 aromatic heterocycles. The molecule has 1 aliphatic rings. The van der Waals surface area contributed by atoms with Crippen LogP contribution in [0, 0.1) is 5.41 Å². The van der Waals surface area contributed by atoms with Gasteiger partial charge in [-0.2, -0.15) is 13.2 Å². The van der Waals surface area contributed by atoms with Crippen LogP contribution < -0.4 is 0 Å². The minimum atomic E-state index is -4.28. The van der Waals surface area contributed by atoms with Crippen LogP contribution in [0.3, 0.4) is 0 Å². The Kier molecular flexibility index (Phi) is 4.26. The molecule has 0 spiro atoms. The second-order valence-electron chi connectivity index (χ2n) is 5.13. The maximum atomic E-state index is 12.7. The summed E-state index contributed by atoms with van der Waals surface area (Å²) >= 11 is 3.49. The molecule has 0 amide bonds. The van der Waals surface area contributed by atoms with Crippen molar-refractivity contribution in [3.63, 3.8) is 0 Å². The third kappa shape index (κ3) is 3.14. The zero-order chi connectivity index (χ0) is 14.1. The molecule has 2 rings (SSSR count). The highest BCUT2D eigenvalue weighted by Crippen LogP contribution is 2.40. The number of hydrogen-bond acceptors (Lipinski definition) is 1. The van der Waals surface area contributed by atoms with Crippen LogP contribution in [0.1, 0.15) is 24.5 Å². The summed E-state index contributed by atoms with van der Waals surface area (Å²) in [6.07, 6.45) is -2.75. The van der Waals surface area contributed by atoms with Gasteiger partial charge in [0.25, 0.3) is 0 Å². The first-order valence-electron chi connectivity index (χ1n) is 6.21. The minimum Gasteiger partial charge on any atom is -0.378 e. The molecular weight excluding hydrogens is 321 g/mol. The highest BCUT2D eigenvalue weighted by Gasteiger charge is 2.41. The fourth-order valence-corrected chi connectivity index (χ4v) is 3.47. The minimum absolute atomic E-state index is 0.0569. The van der Waals surface area contributed by atoms with E-state index >= 15 is 0 Å². The van der Waals surface area contributed by atoms with E-state index < -0.39 is 11.7 Å². The normalized spacial score (nSPS) is 27.7. The molecule has 2 atom stereocenters. The second kappa shape index (κ2) is 5.44. The van der Waals surface area contributed by atoms with E-state index in [0.717, 1.165) is 17.8 Å². The van der Waals surface area contributed by atoms with Gasteiger partial charge in [0.2, 0.25) is 0 Å². The van der Waals surface area contributed by atoms with E-state index in [1.807, 2.05) is 6.92 Å². The van der Waals surface area contributed by atoms with Gasteiger partial charge in [-0.25, -0.2) is 0 Å². The van der Waals surface area contributed by atoms with Crippen LogP contribution in [-0.4, -0.2) is 18.0 Å². The summed E-state index contributed by atoms with van der Waals surface area (Å²) in [6, 6.07) is 5.58. The van der Waals surface area contributed by atoms with Crippen LogP contribution >= 0.6 is 15.9 Å². The van der Waals surface area contributed by atoms with Crippen LogP contribution in [0.15, 0.2) is 24.3 Å². The highest BCUT2D eigenvalue weighted by molar-refractivity contribution is 9.09. The van der Waals surface area contributed by atoms with Gasteiger partial charge in [0.1, 0.15) is 0 Å². The van der Waals surface area contributed by atoms with Gasteiger partial charge in [0.05, 0.1) is 11.7 Å². The van der Waals surface area contributed by atoms with Crippen molar-refractivity contribution in [3.8, 4) is 0 Å². The van der Waals surface area contributed by atoms with Gasteiger partial charge < -0.3 is 4.74 Å². The van der Waals surface area contributed by atoms with Crippen LogP contribution in [0.2, 0.25) is 0 Å². The van der Waals surface area contributed by atoms with E-state index in [1.54, 1.807) is 6.07 Å². The number of hydrogen-bond donors (Lipinski definition) is 0. The molecule has 2 unspecified atom stereocenters. The molecular formula is C14H16BrF3O.